The lowest BCUT2D eigenvalue weighted by Crippen LogP contribution is -2.42. The number of nitrogens with zero attached hydrogens (tertiary/aromatic N) is 1. The van der Waals surface area contributed by atoms with Gasteiger partial charge in [0.2, 0.25) is 0 Å². The third-order valence-corrected chi connectivity index (χ3v) is 6.35. The summed E-state index contributed by atoms with van der Waals surface area (Å²) in [7, 11) is -3.80. The monoisotopic (exact) mass is 423 g/mol. The summed E-state index contributed by atoms with van der Waals surface area (Å²) in [5.74, 6) is -0.158. The fourth-order valence-electron chi connectivity index (χ4n) is 3.23. The maximum absolute atomic E-state index is 12.9. The van der Waals surface area contributed by atoms with Crippen molar-refractivity contribution in [2.75, 3.05) is 17.8 Å². The first-order valence-corrected chi connectivity index (χ1v) is 10.5. The number of amides is 1. The number of benzene rings is 2. The van der Waals surface area contributed by atoms with Crippen molar-refractivity contribution in [1.82, 2.24) is 4.90 Å². The van der Waals surface area contributed by atoms with E-state index < -0.39 is 10.0 Å². The molecule has 1 amide bonds. The number of likely N-dealkylation sites (tertiary alicyclic amines) is 1. The maximum Gasteiger partial charge on any atom is 0.262 e. The summed E-state index contributed by atoms with van der Waals surface area (Å²) in [4.78, 5) is 14.6. The van der Waals surface area contributed by atoms with E-state index >= 15 is 0 Å². The molecule has 3 N–H and O–H groups in total. The molecule has 0 bridgehead atoms. The summed E-state index contributed by atoms with van der Waals surface area (Å²) in [6, 6.07) is 12.1. The first-order valence-electron chi connectivity index (χ1n) is 9.01. The van der Waals surface area contributed by atoms with Crippen LogP contribution in [0.4, 0.5) is 5.69 Å². The Balaban J connectivity index is 0.00000280. The number of anilines is 1. The van der Waals surface area contributed by atoms with Gasteiger partial charge in [0.25, 0.3) is 15.9 Å². The molecule has 6 nitrogen and oxygen atoms in total. The van der Waals surface area contributed by atoms with E-state index in [1.165, 1.54) is 6.07 Å². The largest absolute Gasteiger partial charge is 0.339 e. The average Bonchev–Trinajstić information content (AvgIpc) is 2.61. The Kier molecular flexibility index (Phi) is 7.09. The van der Waals surface area contributed by atoms with Gasteiger partial charge >= 0.3 is 0 Å². The van der Waals surface area contributed by atoms with Crippen LogP contribution in [0.15, 0.2) is 47.4 Å². The number of carbonyl (C=O) groups excluding carboxylic acids is 1. The number of nitrogens with one attached hydrogen (secondary N) is 1. The van der Waals surface area contributed by atoms with Gasteiger partial charge < -0.3 is 10.6 Å². The summed E-state index contributed by atoms with van der Waals surface area (Å²) in [6.45, 7) is 4.81. The van der Waals surface area contributed by atoms with E-state index in [1.54, 1.807) is 42.2 Å². The van der Waals surface area contributed by atoms with Crippen LogP contribution in [-0.2, 0) is 10.0 Å². The van der Waals surface area contributed by atoms with Crippen LogP contribution in [-0.4, -0.2) is 38.4 Å². The number of sulfonamides is 1. The van der Waals surface area contributed by atoms with Crippen molar-refractivity contribution in [2.24, 2.45) is 5.73 Å². The van der Waals surface area contributed by atoms with Crippen LogP contribution in [0.25, 0.3) is 0 Å². The summed E-state index contributed by atoms with van der Waals surface area (Å²) in [6.07, 6.45) is 1.52. The molecule has 1 fully saturated rings. The third kappa shape index (κ3) is 5.04. The minimum absolute atomic E-state index is 0. The number of hydrogen-bond acceptors (Lipinski definition) is 4. The molecule has 28 heavy (non-hydrogen) atoms. The van der Waals surface area contributed by atoms with E-state index in [0.717, 1.165) is 18.4 Å². The SMILES string of the molecule is Cc1cccc(NS(=O)(=O)c2cc(C(=O)N3CCC(N)CC3)ccc2C)c1.Cl. The highest BCUT2D eigenvalue weighted by atomic mass is 35.5. The molecule has 3 rings (SSSR count). The first kappa shape index (κ1) is 22.2. The van der Waals surface area contributed by atoms with Crippen molar-refractivity contribution < 1.29 is 13.2 Å². The molecular formula is C20H26ClN3O3S. The highest BCUT2D eigenvalue weighted by molar-refractivity contribution is 7.92. The van der Waals surface area contributed by atoms with E-state index in [9.17, 15) is 13.2 Å². The highest BCUT2D eigenvalue weighted by Crippen LogP contribution is 2.23. The van der Waals surface area contributed by atoms with E-state index in [1.807, 2.05) is 13.0 Å². The number of hydrogen-bond donors (Lipinski definition) is 2. The third-order valence-electron chi connectivity index (χ3n) is 4.82. The lowest BCUT2D eigenvalue weighted by atomic mass is 10.0. The molecular weight excluding hydrogens is 398 g/mol. The second kappa shape index (κ2) is 8.94. The van der Waals surface area contributed by atoms with E-state index in [4.69, 9.17) is 5.73 Å². The summed E-state index contributed by atoms with van der Waals surface area (Å²) < 4.78 is 28.3. The van der Waals surface area contributed by atoms with Gasteiger partial charge in [0, 0.05) is 30.4 Å². The second-order valence-electron chi connectivity index (χ2n) is 7.08. The van der Waals surface area contributed by atoms with Gasteiger partial charge in [0.05, 0.1) is 4.90 Å². The number of aryl methyl sites for hydroxylation is 2. The topological polar surface area (TPSA) is 92.5 Å². The Labute approximate surface area is 172 Å². The van der Waals surface area contributed by atoms with Gasteiger partial charge in [-0.3, -0.25) is 9.52 Å². The number of carbonyl (C=O) groups is 1. The lowest BCUT2D eigenvalue weighted by molar-refractivity contribution is 0.0714. The average molecular weight is 424 g/mol. The fraction of sp³-hybridized carbons (Fsp3) is 0.350. The van der Waals surface area contributed by atoms with E-state index in [0.29, 0.717) is 29.9 Å². The molecule has 1 aliphatic rings. The fourth-order valence-corrected chi connectivity index (χ4v) is 4.55. The van der Waals surface area contributed by atoms with Crippen molar-refractivity contribution in [3.05, 3.63) is 59.2 Å². The molecule has 1 aliphatic heterocycles. The number of rotatable bonds is 4. The zero-order valence-corrected chi connectivity index (χ0v) is 17.6. The van der Waals surface area contributed by atoms with Gasteiger partial charge in [0.15, 0.2) is 0 Å². The zero-order chi connectivity index (χ0) is 19.6. The van der Waals surface area contributed by atoms with Gasteiger partial charge in [-0.05, 0) is 62.1 Å². The zero-order valence-electron chi connectivity index (χ0n) is 16.0. The quantitative estimate of drug-likeness (QED) is 0.790. The molecule has 0 radical (unpaired) electrons. The molecule has 8 heteroatoms. The second-order valence-corrected chi connectivity index (χ2v) is 8.74. The van der Waals surface area contributed by atoms with Gasteiger partial charge in [-0.25, -0.2) is 8.42 Å². The standard InChI is InChI=1S/C20H25N3O3S.ClH/c1-14-4-3-5-18(12-14)22-27(25,26)19-13-16(7-6-15(19)2)20(24)23-10-8-17(21)9-11-23;/h3-7,12-13,17,22H,8-11,21H2,1-2H3;1H. The Morgan fingerprint density at radius 2 is 1.79 bits per heavy atom. The Morgan fingerprint density at radius 1 is 1.11 bits per heavy atom. The van der Waals surface area contributed by atoms with Gasteiger partial charge in [-0.15, -0.1) is 12.4 Å². The molecule has 2 aromatic rings. The maximum atomic E-state index is 12.9. The minimum atomic E-state index is -3.80. The molecule has 0 saturated carbocycles. The van der Waals surface area contributed by atoms with Crippen molar-refractivity contribution in [2.45, 2.75) is 37.6 Å². The normalized spacial score (nSPS) is 15.0. The van der Waals surface area contributed by atoms with Crippen LogP contribution < -0.4 is 10.5 Å². The minimum Gasteiger partial charge on any atom is -0.339 e. The predicted octanol–water partition coefficient (Wildman–Crippen LogP) is 3.09. The van der Waals surface area contributed by atoms with Crippen molar-refractivity contribution in [3.63, 3.8) is 0 Å². The number of halogens is 1. The summed E-state index contributed by atoms with van der Waals surface area (Å²) in [5.41, 5.74) is 8.31. The molecule has 0 unspecified atom stereocenters. The van der Waals surface area contributed by atoms with Gasteiger partial charge in [0.1, 0.15) is 0 Å². The van der Waals surface area contributed by atoms with Gasteiger partial charge in [-0.2, -0.15) is 0 Å². The van der Waals surface area contributed by atoms with Crippen LogP contribution in [0, 0.1) is 13.8 Å². The summed E-state index contributed by atoms with van der Waals surface area (Å²) >= 11 is 0. The van der Waals surface area contributed by atoms with Crippen molar-refractivity contribution in [3.8, 4) is 0 Å². The Hall–Kier alpha value is -2.09. The predicted molar refractivity (Wildman–Crippen MR) is 114 cm³/mol. The lowest BCUT2D eigenvalue weighted by Gasteiger charge is -2.30. The van der Waals surface area contributed by atoms with Crippen LogP contribution in [0.1, 0.15) is 34.3 Å². The van der Waals surface area contributed by atoms with E-state index in [2.05, 4.69) is 4.72 Å². The molecule has 0 aliphatic carbocycles. The van der Waals surface area contributed by atoms with Crippen molar-refractivity contribution >= 4 is 34.0 Å². The summed E-state index contributed by atoms with van der Waals surface area (Å²) in [5, 5.41) is 0. The Morgan fingerprint density at radius 3 is 2.43 bits per heavy atom. The Bertz CT molecular complexity index is 955. The van der Waals surface area contributed by atoms with Crippen LogP contribution in [0.5, 0.6) is 0 Å². The van der Waals surface area contributed by atoms with E-state index in [-0.39, 0.29) is 29.3 Å². The number of piperidine rings is 1. The molecule has 152 valence electrons. The smallest absolute Gasteiger partial charge is 0.262 e. The molecule has 0 atom stereocenters. The highest BCUT2D eigenvalue weighted by Gasteiger charge is 2.24. The molecule has 1 heterocycles. The van der Waals surface area contributed by atoms with Crippen molar-refractivity contribution in [1.29, 1.82) is 0 Å². The van der Waals surface area contributed by atoms with Gasteiger partial charge in [-0.1, -0.05) is 18.2 Å². The molecule has 2 aromatic carbocycles. The molecule has 1 saturated heterocycles. The number of nitrogens with two attached hydrogens (primary N) is 1. The van der Waals surface area contributed by atoms with Crippen LogP contribution in [0.2, 0.25) is 0 Å². The molecule has 0 spiro atoms. The molecule has 0 aromatic heterocycles. The first-order chi connectivity index (χ1) is 12.8. The van der Waals surface area contributed by atoms with Crippen LogP contribution >= 0.6 is 12.4 Å². The van der Waals surface area contributed by atoms with Crippen LogP contribution in [0.3, 0.4) is 0 Å².